The van der Waals surface area contributed by atoms with Crippen LogP contribution in [0.2, 0.25) is 0 Å². The number of imidazole rings is 1. The number of fused-ring (bicyclic) bond motifs is 1. The first-order valence-electron chi connectivity index (χ1n) is 12.6. The molecule has 0 aliphatic rings. The SMILES string of the molecule is CCOC(=O)[C@H](C)N(C(=O)C(C)(C)CCCCCCn1c(C)nc2cnccc21)c1ccccc1. The van der Waals surface area contributed by atoms with E-state index in [1.54, 1.807) is 31.1 Å². The van der Waals surface area contributed by atoms with E-state index < -0.39 is 17.4 Å². The van der Waals surface area contributed by atoms with E-state index in [1.165, 1.54) is 0 Å². The highest BCUT2D eigenvalue weighted by atomic mass is 16.5. The van der Waals surface area contributed by atoms with Gasteiger partial charge in [0.2, 0.25) is 5.91 Å². The fourth-order valence-corrected chi connectivity index (χ4v) is 4.48. The van der Waals surface area contributed by atoms with Gasteiger partial charge in [-0.3, -0.25) is 14.7 Å². The number of hydrogen-bond acceptors (Lipinski definition) is 5. The average Bonchev–Trinajstić information content (AvgIpc) is 3.17. The number of para-hydroxylation sites is 1. The average molecular weight is 479 g/mol. The van der Waals surface area contributed by atoms with Gasteiger partial charge in [-0.25, -0.2) is 9.78 Å². The Balaban J connectivity index is 1.56. The fraction of sp³-hybridized carbons (Fsp3) is 0.500. The predicted molar refractivity (Wildman–Crippen MR) is 139 cm³/mol. The van der Waals surface area contributed by atoms with Crippen molar-refractivity contribution in [2.75, 3.05) is 11.5 Å². The van der Waals surface area contributed by atoms with Crippen molar-refractivity contribution in [2.24, 2.45) is 5.41 Å². The third kappa shape index (κ3) is 6.47. The first-order valence-corrected chi connectivity index (χ1v) is 12.6. The van der Waals surface area contributed by atoms with Crippen molar-refractivity contribution in [3.8, 4) is 0 Å². The van der Waals surface area contributed by atoms with E-state index >= 15 is 0 Å². The minimum absolute atomic E-state index is 0.0571. The highest BCUT2D eigenvalue weighted by Gasteiger charge is 2.37. The molecule has 0 saturated carbocycles. The highest BCUT2D eigenvalue weighted by molar-refractivity contribution is 6.02. The van der Waals surface area contributed by atoms with Crippen molar-refractivity contribution >= 4 is 28.6 Å². The van der Waals surface area contributed by atoms with Crippen LogP contribution in [-0.4, -0.2) is 39.1 Å². The number of anilines is 1. The Kier molecular flexibility index (Phi) is 9.01. The van der Waals surface area contributed by atoms with Crippen LogP contribution in [0.25, 0.3) is 11.0 Å². The van der Waals surface area contributed by atoms with Crippen molar-refractivity contribution in [2.45, 2.75) is 79.3 Å². The Labute approximate surface area is 208 Å². The third-order valence-electron chi connectivity index (χ3n) is 6.52. The summed E-state index contributed by atoms with van der Waals surface area (Å²) >= 11 is 0. The highest BCUT2D eigenvalue weighted by Crippen LogP contribution is 2.31. The molecule has 0 unspecified atom stereocenters. The van der Waals surface area contributed by atoms with Gasteiger partial charge in [-0.15, -0.1) is 0 Å². The molecule has 35 heavy (non-hydrogen) atoms. The number of rotatable bonds is 12. The number of pyridine rings is 1. The van der Waals surface area contributed by atoms with Crippen LogP contribution in [0.5, 0.6) is 0 Å². The van der Waals surface area contributed by atoms with Crippen LogP contribution in [0, 0.1) is 12.3 Å². The summed E-state index contributed by atoms with van der Waals surface area (Å²) in [5.41, 5.74) is 2.18. The minimum Gasteiger partial charge on any atom is -0.464 e. The van der Waals surface area contributed by atoms with Crippen molar-refractivity contribution in [1.82, 2.24) is 14.5 Å². The summed E-state index contributed by atoms with van der Waals surface area (Å²) in [7, 11) is 0. The molecular formula is C28H38N4O3. The van der Waals surface area contributed by atoms with E-state index in [2.05, 4.69) is 14.5 Å². The van der Waals surface area contributed by atoms with Crippen LogP contribution >= 0.6 is 0 Å². The summed E-state index contributed by atoms with van der Waals surface area (Å²) in [4.78, 5) is 36.5. The number of nitrogens with zero attached hydrogens (tertiary/aromatic N) is 4. The van der Waals surface area contributed by atoms with Gasteiger partial charge >= 0.3 is 5.97 Å². The summed E-state index contributed by atoms with van der Waals surface area (Å²) < 4.78 is 7.47. The summed E-state index contributed by atoms with van der Waals surface area (Å²) in [5.74, 6) is 0.563. The molecule has 3 aromatic rings. The van der Waals surface area contributed by atoms with Crippen molar-refractivity contribution in [3.05, 3.63) is 54.6 Å². The minimum atomic E-state index is -0.687. The lowest BCUT2D eigenvalue weighted by molar-refractivity contribution is -0.146. The maximum Gasteiger partial charge on any atom is 0.328 e. The molecule has 0 bridgehead atoms. The number of benzene rings is 1. The molecule has 7 nitrogen and oxygen atoms in total. The van der Waals surface area contributed by atoms with E-state index in [0.29, 0.717) is 5.69 Å². The first-order chi connectivity index (χ1) is 16.8. The van der Waals surface area contributed by atoms with Gasteiger partial charge in [-0.2, -0.15) is 0 Å². The molecule has 7 heteroatoms. The zero-order chi connectivity index (χ0) is 25.4. The lowest BCUT2D eigenvalue weighted by Gasteiger charge is -2.35. The Morgan fingerprint density at radius 2 is 1.80 bits per heavy atom. The number of carbonyl (C=O) groups is 2. The van der Waals surface area contributed by atoms with E-state index in [9.17, 15) is 9.59 Å². The van der Waals surface area contributed by atoms with Gasteiger partial charge in [0.1, 0.15) is 17.4 Å². The van der Waals surface area contributed by atoms with Crippen LogP contribution in [0.1, 0.15) is 65.6 Å². The third-order valence-corrected chi connectivity index (χ3v) is 6.52. The molecule has 2 heterocycles. The summed E-state index contributed by atoms with van der Waals surface area (Å²) in [6.07, 6.45) is 8.49. The first kappa shape index (κ1) is 26.4. The number of aromatic nitrogens is 3. The standard InChI is InChI=1S/C28H38N4O3/c1-6-35-26(33)21(2)32(23-14-10-9-11-15-23)27(34)28(4,5)17-12-7-8-13-19-31-22(3)30-24-20-29-18-16-25(24)31/h9-11,14-16,18,20-21H,6-8,12-13,17,19H2,1-5H3/t21-/m0/s1. The van der Waals surface area contributed by atoms with Gasteiger partial charge in [0, 0.05) is 23.8 Å². The molecular weight excluding hydrogens is 440 g/mol. The Morgan fingerprint density at radius 1 is 1.09 bits per heavy atom. The van der Waals surface area contributed by atoms with E-state index in [0.717, 1.165) is 55.5 Å². The molecule has 1 amide bonds. The van der Waals surface area contributed by atoms with Gasteiger partial charge in [0.05, 0.1) is 18.3 Å². The zero-order valence-electron chi connectivity index (χ0n) is 21.7. The molecule has 0 spiro atoms. The molecule has 3 rings (SSSR count). The summed E-state index contributed by atoms with van der Waals surface area (Å²) in [6.45, 7) is 10.7. The molecule has 0 N–H and O–H groups in total. The normalized spacial score (nSPS) is 12.5. The van der Waals surface area contributed by atoms with Gasteiger partial charge in [-0.1, -0.05) is 51.3 Å². The van der Waals surface area contributed by atoms with Gasteiger partial charge < -0.3 is 9.30 Å². The monoisotopic (exact) mass is 478 g/mol. The molecule has 0 saturated heterocycles. The second-order valence-electron chi connectivity index (χ2n) is 9.66. The van der Waals surface area contributed by atoms with E-state index in [-0.39, 0.29) is 12.5 Å². The molecule has 2 aromatic heterocycles. The second-order valence-corrected chi connectivity index (χ2v) is 9.66. The van der Waals surface area contributed by atoms with Crippen LogP contribution in [0.4, 0.5) is 5.69 Å². The molecule has 1 aromatic carbocycles. The Hall–Kier alpha value is -3.22. The van der Waals surface area contributed by atoms with Crippen LogP contribution < -0.4 is 4.90 Å². The number of carbonyl (C=O) groups excluding carboxylic acids is 2. The number of ether oxygens (including phenoxy) is 1. The van der Waals surface area contributed by atoms with Crippen LogP contribution in [0.15, 0.2) is 48.8 Å². The van der Waals surface area contributed by atoms with Crippen molar-refractivity contribution in [1.29, 1.82) is 0 Å². The second kappa shape index (κ2) is 12.0. The molecule has 0 fully saturated rings. The van der Waals surface area contributed by atoms with Gasteiger partial charge in [0.15, 0.2) is 0 Å². The van der Waals surface area contributed by atoms with Crippen molar-refractivity contribution < 1.29 is 14.3 Å². The van der Waals surface area contributed by atoms with Crippen LogP contribution in [0.3, 0.4) is 0 Å². The topological polar surface area (TPSA) is 77.3 Å². The number of hydrogen-bond donors (Lipinski definition) is 0. The van der Waals surface area contributed by atoms with Gasteiger partial charge in [-0.05, 0) is 51.8 Å². The largest absolute Gasteiger partial charge is 0.464 e. The summed E-state index contributed by atoms with van der Waals surface area (Å²) in [6, 6.07) is 10.7. The molecule has 0 radical (unpaired) electrons. The Bertz CT molecular complexity index is 1120. The molecule has 0 aliphatic heterocycles. The van der Waals surface area contributed by atoms with E-state index in [4.69, 9.17) is 4.74 Å². The molecule has 0 aliphatic carbocycles. The van der Waals surface area contributed by atoms with Crippen LogP contribution in [-0.2, 0) is 20.9 Å². The number of aryl methyl sites for hydroxylation is 2. The smallest absolute Gasteiger partial charge is 0.328 e. The van der Waals surface area contributed by atoms with Crippen molar-refractivity contribution in [3.63, 3.8) is 0 Å². The lowest BCUT2D eigenvalue weighted by atomic mass is 9.84. The maximum absolute atomic E-state index is 13.7. The van der Waals surface area contributed by atoms with E-state index in [1.807, 2.05) is 57.2 Å². The quantitative estimate of drug-likeness (QED) is 0.246. The molecule has 1 atom stereocenters. The Morgan fingerprint density at radius 3 is 2.51 bits per heavy atom. The zero-order valence-corrected chi connectivity index (χ0v) is 21.7. The predicted octanol–water partition coefficient (Wildman–Crippen LogP) is 5.70. The molecule has 188 valence electrons. The summed E-state index contributed by atoms with van der Waals surface area (Å²) in [5, 5.41) is 0. The number of amides is 1. The number of esters is 1. The fourth-order valence-electron chi connectivity index (χ4n) is 4.48. The number of unbranched alkanes of at least 4 members (excludes halogenated alkanes) is 3. The lowest BCUT2D eigenvalue weighted by Crippen LogP contribution is -2.49. The van der Waals surface area contributed by atoms with Gasteiger partial charge in [0.25, 0.3) is 0 Å². The maximum atomic E-state index is 13.7.